The van der Waals surface area contributed by atoms with Gasteiger partial charge in [-0.15, -0.1) is 13.2 Å². The van der Waals surface area contributed by atoms with Crippen LogP contribution in [0, 0.1) is 0 Å². The van der Waals surface area contributed by atoms with Crippen molar-refractivity contribution >= 4 is 5.97 Å². The minimum Gasteiger partial charge on any atom is -0.497 e. The van der Waals surface area contributed by atoms with E-state index in [-0.39, 0.29) is 18.0 Å². The highest BCUT2D eigenvalue weighted by Gasteiger charge is 2.31. The Balaban J connectivity index is 1.48. The lowest BCUT2D eigenvalue weighted by Crippen LogP contribution is -2.39. The van der Waals surface area contributed by atoms with Gasteiger partial charge in [-0.05, 0) is 79.8 Å². The maximum absolute atomic E-state index is 13.4. The highest BCUT2D eigenvalue weighted by Crippen LogP contribution is 2.23. The molecule has 0 fully saturated rings. The molecule has 234 valence electrons. The van der Waals surface area contributed by atoms with Gasteiger partial charge in [-0.1, -0.05) is 36.4 Å². The van der Waals surface area contributed by atoms with E-state index in [2.05, 4.69) is 9.84 Å². The normalized spacial score (nSPS) is 11.7. The van der Waals surface area contributed by atoms with Gasteiger partial charge in [0.25, 0.3) is 0 Å². The van der Waals surface area contributed by atoms with Crippen molar-refractivity contribution in [2.45, 2.75) is 58.2 Å². The molecule has 0 saturated carbocycles. The van der Waals surface area contributed by atoms with Crippen molar-refractivity contribution in [1.29, 1.82) is 0 Å². The fourth-order valence-electron chi connectivity index (χ4n) is 4.57. The summed E-state index contributed by atoms with van der Waals surface area (Å²) in [5.41, 5.74) is 1.06. The number of alkyl halides is 3. The van der Waals surface area contributed by atoms with Gasteiger partial charge in [-0.2, -0.15) is 5.10 Å². The summed E-state index contributed by atoms with van der Waals surface area (Å²) in [7, 11) is 2.89. The molecule has 0 radical (unpaired) electrons. The zero-order chi connectivity index (χ0) is 31.9. The SMILES string of the molecule is COC(=O)C(C)(C)Oc1ccc(CCCc2nn(Cc3ccc(OC(F)(F)F)cc3)c(=O)n2Cc2ccc(OC)cc2)cc1. The van der Waals surface area contributed by atoms with Gasteiger partial charge in [0.2, 0.25) is 0 Å². The Kier molecular flexibility index (Phi) is 10.0. The number of carbonyl (C=O) groups is 1. The van der Waals surface area contributed by atoms with E-state index in [1.54, 1.807) is 37.7 Å². The summed E-state index contributed by atoms with van der Waals surface area (Å²) in [4.78, 5) is 25.4. The molecule has 1 heterocycles. The molecule has 0 bridgehead atoms. The number of carbonyl (C=O) groups excluding carboxylic acids is 1. The molecule has 0 aliphatic heterocycles. The van der Waals surface area contributed by atoms with Crippen LogP contribution in [-0.2, 0) is 35.5 Å². The number of halogens is 3. The molecular weight excluding hydrogens is 579 g/mol. The monoisotopic (exact) mass is 613 g/mol. The fraction of sp³-hybridized carbons (Fsp3) is 0.344. The van der Waals surface area contributed by atoms with Crippen LogP contribution in [0.2, 0.25) is 0 Å². The fourth-order valence-corrected chi connectivity index (χ4v) is 4.57. The highest BCUT2D eigenvalue weighted by atomic mass is 19.4. The second-order valence-corrected chi connectivity index (χ2v) is 10.6. The first-order valence-electron chi connectivity index (χ1n) is 13.9. The summed E-state index contributed by atoms with van der Waals surface area (Å²) < 4.78 is 60.2. The predicted molar refractivity (Wildman–Crippen MR) is 156 cm³/mol. The standard InChI is InChI=1S/C32H34F3N3O6/c1-31(2,29(39)42-4)43-26-16-8-22(9-17-26)6-5-7-28-36-38(21-24-12-18-27(19-13-24)44-32(33,34)35)30(40)37(28)20-23-10-14-25(41-3)15-11-23/h8-19H,5-7,20-21H2,1-4H3. The molecular formula is C32H34F3N3O6. The van der Waals surface area contributed by atoms with Crippen molar-refractivity contribution in [2.24, 2.45) is 0 Å². The quantitative estimate of drug-likeness (QED) is 0.183. The zero-order valence-electron chi connectivity index (χ0n) is 24.9. The largest absolute Gasteiger partial charge is 0.573 e. The van der Waals surface area contributed by atoms with Crippen molar-refractivity contribution in [3.05, 3.63) is 106 Å². The third-order valence-electron chi connectivity index (χ3n) is 6.83. The summed E-state index contributed by atoms with van der Waals surface area (Å²) in [5.74, 6) is 0.998. The second-order valence-electron chi connectivity index (χ2n) is 10.6. The van der Waals surface area contributed by atoms with Crippen molar-refractivity contribution in [2.75, 3.05) is 14.2 Å². The molecule has 0 amide bonds. The Morgan fingerprint density at radius 3 is 1.82 bits per heavy atom. The first-order chi connectivity index (χ1) is 20.9. The lowest BCUT2D eigenvalue weighted by atomic mass is 10.1. The molecule has 0 aliphatic rings. The van der Waals surface area contributed by atoms with Crippen LogP contribution < -0.4 is 19.9 Å². The molecule has 0 spiro atoms. The molecule has 4 rings (SSSR count). The van der Waals surface area contributed by atoms with Gasteiger partial charge >= 0.3 is 18.0 Å². The molecule has 0 aliphatic carbocycles. The van der Waals surface area contributed by atoms with E-state index in [1.165, 1.54) is 36.1 Å². The van der Waals surface area contributed by atoms with Crippen LogP contribution in [0.4, 0.5) is 13.2 Å². The molecule has 1 aromatic heterocycles. The van der Waals surface area contributed by atoms with Crippen molar-refractivity contribution < 1.29 is 36.9 Å². The van der Waals surface area contributed by atoms with Gasteiger partial charge in [-0.25, -0.2) is 14.3 Å². The van der Waals surface area contributed by atoms with E-state index in [0.717, 1.165) is 11.1 Å². The molecule has 9 nitrogen and oxygen atoms in total. The molecule has 44 heavy (non-hydrogen) atoms. The van der Waals surface area contributed by atoms with Gasteiger partial charge in [0.05, 0.1) is 27.3 Å². The lowest BCUT2D eigenvalue weighted by molar-refractivity contribution is -0.274. The van der Waals surface area contributed by atoms with E-state index < -0.39 is 17.9 Å². The van der Waals surface area contributed by atoms with Crippen molar-refractivity contribution in [3.8, 4) is 17.2 Å². The summed E-state index contributed by atoms with van der Waals surface area (Å²) in [6.45, 7) is 3.64. The van der Waals surface area contributed by atoms with Gasteiger partial charge in [0.1, 0.15) is 23.1 Å². The van der Waals surface area contributed by atoms with Crippen molar-refractivity contribution in [3.63, 3.8) is 0 Å². The number of hydrogen-bond donors (Lipinski definition) is 0. The van der Waals surface area contributed by atoms with E-state index in [0.29, 0.717) is 48.7 Å². The van der Waals surface area contributed by atoms with Gasteiger partial charge in [0.15, 0.2) is 5.60 Å². The average Bonchev–Trinajstić information content (AvgIpc) is 3.27. The van der Waals surface area contributed by atoms with Crippen LogP contribution in [0.5, 0.6) is 17.2 Å². The van der Waals surface area contributed by atoms with E-state index >= 15 is 0 Å². The molecule has 0 unspecified atom stereocenters. The summed E-state index contributed by atoms with van der Waals surface area (Å²) in [6, 6.07) is 20.1. The smallest absolute Gasteiger partial charge is 0.497 e. The number of esters is 1. The summed E-state index contributed by atoms with van der Waals surface area (Å²) in [6.07, 6.45) is -2.89. The van der Waals surface area contributed by atoms with Gasteiger partial charge in [0, 0.05) is 6.42 Å². The average molecular weight is 614 g/mol. The number of methoxy groups -OCH3 is 2. The zero-order valence-corrected chi connectivity index (χ0v) is 24.9. The Labute approximate surface area is 252 Å². The Morgan fingerprint density at radius 1 is 0.750 bits per heavy atom. The van der Waals surface area contributed by atoms with Crippen LogP contribution >= 0.6 is 0 Å². The molecule has 12 heteroatoms. The maximum atomic E-state index is 13.4. The Morgan fingerprint density at radius 2 is 1.27 bits per heavy atom. The van der Waals surface area contributed by atoms with Crippen LogP contribution in [-0.4, -0.2) is 46.5 Å². The number of aryl methyl sites for hydroxylation is 2. The first-order valence-corrected chi connectivity index (χ1v) is 13.9. The van der Waals surface area contributed by atoms with Crippen LogP contribution in [0.15, 0.2) is 77.6 Å². The first kappa shape index (κ1) is 32.2. The number of benzene rings is 3. The lowest BCUT2D eigenvalue weighted by Gasteiger charge is -2.23. The Hall–Kier alpha value is -4.74. The number of ether oxygens (including phenoxy) is 4. The molecule has 0 atom stereocenters. The van der Waals surface area contributed by atoms with Gasteiger partial charge < -0.3 is 18.9 Å². The molecule has 4 aromatic rings. The van der Waals surface area contributed by atoms with Crippen LogP contribution in [0.25, 0.3) is 0 Å². The third kappa shape index (κ3) is 8.65. The van der Waals surface area contributed by atoms with Gasteiger partial charge in [-0.3, -0.25) is 4.57 Å². The minimum absolute atomic E-state index is 0.0805. The molecule has 0 saturated heterocycles. The minimum atomic E-state index is -4.79. The number of aromatic nitrogens is 3. The van der Waals surface area contributed by atoms with Crippen LogP contribution in [0.3, 0.4) is 0 Å². The van der Waals surface area contributed by atoms with E-state index in [1.807, 2.05) is 36.4 Å². The third-order valence-corrected chi connectivity index (χ3v) is 6.83. The molecule has 0 N–H and O–H groups in total. The van der Waals surface area contributed by atoms with E-state index in [4.69, 9.17) is 14.2 Å². The topological polar surface area (TPSA) is 93.8 Å². The van der Waals surface area contributed by atoms with E-state index in [9.17, 15) is 22.8 Å². The second kappa shape index (κ2) is 13.7. The maximum Gasteiger partial charge on any atom is 0.573 e. The number of rotatable bonds is 13. The highest BCUT2D eigenvalue weighted by molar-refractivity contribution is 5.78. The molecule has 3 aromatic carbocycles. The van der Waals surface area contributed by atoms with Crippen molar-refractivity contribution in [1.82, 2.24) is 14.3 Å². The number of nitrogens with zero attached hydrogens (tertiary/aromatic N) is 3. The van der Waals surface area contributed by atoms with Crippen LogP contribution in [0.1, 0.15) is 42.8 Å². The summed E-state index contributed by atoms with van der Waals surface area (Å²) in [5, 5.41) is 4.59. The Bertz CT molecular complexity index is 1590. The predicted octanol–water partition coefficient (Wildman–Crippen LogP) is 5.55. The number of hydrogen-bond acceptors (Lipinski definition) is 7. The summed E-state index contributed by atoms with van der Waals surface area (Å²) >= 11 is 0.